The molecule has 0 aliphatic rings. The second-order valence-corrected chi connectivity index (χ2v) is 4.79. The van der Waals surface area contributed by atoms with Crippen molar-refractivity contribution in [2.75, 3.05) is 5.75 Å². The molecule has 5 heteroatoms. The number of hydrogen-bond donors (Lipinski definition) is 1. The van der Waals surface area contributed by atoms with Crippen molar-refractivity contribution >= 4 is 17.7 Å². The Bertz CT molecular complexity index is 510. The van der Waals surface area contributed by atoms with Crippen LogP contribution in [-0.2, 0) is 10.5 Å². The average Bonchev–Trinajstić information content (AvgIpc) is 2.84. The predicted octanol–water partition coefficient (Wildman–Crippen LogP) is 3.05. The van der Waals surface area contributed by atoms with Gasteiger partial charge in [-0.25, -0.2) is 4.98 Å². The highest BCUT2D eigenvalue weighted by molar-refractivity contribution is 7.98. The minimum atomic E-state index is -0.778. The lowest BCUT2D eigenvalue weighted by Gasteiger charge is -1.96. The van der Waals surface area contributed by atoms with E-state index in [0.717, 1.165) is 11.3 Å². The van der Waals surface area contributed by atoms with Crippen molar-refractivity contribution in [1.82, 2.24) is 4.98 Å². The van der Waals surface area contributed by atoms with Crippen LogP contribution in [0.3, 0.4) is 0 Å². The van der Waals surface area contributed by atoms with Crippen LogP contribution in [0.15, 0.2) is 40.9 Å². The topological polar surface area (TPSA) is 63.3 Å². The van der Waals surface area contributed by atoms with Gasteiger partial charge in [0.05, 0.1) is 18.4 Å². The number of nitrogens with zero attached hydrogens (tertiary/aromatic N) is 1. The Morgan fingerprint density at radius 3 is 2.83 bits per heavy atom. The number of rotatable bonds is 6. The highest BCUT2D eigenvalue weighted by Crippen LogP contribution is 2.21. The van der Waals surface area contributed by atoms with E-state index < -0.39 is 5.97 Å². The molecule has 0 aliphatic heterocycles. The predicted molar refractivity (Wildman–Crippen MR) is 70.4 cm³/mol. The quantitative estimate of drug-likeness (QED) is 0.811. The Kier molecular flexibility index (Phi) is 4.41. The monoisotopic (exact) mass is 263 g/mol. The molecule has 0 atom stereocenters. The van der Waals surface area contributed by atoms with Crippen LogP contribution in [-0.4, -0.2) is 21.8 Å². The van der Waals surface area contributed by atoms with Crippen LogP contribution >= 0.6 is 11.8 Å². The third-order valence-corrected chi connectivity index (χ3v) is 3.24. The van der Waals surface area contributed by atoms with Gasteiger partial charge < -0.3 is 9.52 Å². The minimum Gasteiger partial charge on any atom is -0.481 e. The fourth-order valence-electron chi connectivity index (χ4n) is 1.43. The summed E-state index contributed by atoms with van der Waals surface area (Å²) >= 11 is 1.51. The van der Waals surface area contributed by atoms with Crippen LogP contribution in [0.25, 0.3) is 11.3 Å². The molecule has 0 amide bonds. The van der Waals surface area contributed by atoms with Crippen molar-refractivity contribution in [3.05, 3.63) is 42.4 Å². The molecular formula is C13H13NO3S. The smallest absolute Gasteiger partial charge is 0.304 e. The fourth-order valence-corrected chi connectivity index (χ4v) is 2.20. The van der Waals surface area contributed by atoms with Gasteiger partial charge >= 0.3 is 5.97 Å². The van der Waals surface area contributed by atoms with E-state index in [9.17, 15) is 4.79 Å². The molecular weight excluding hydrogens is 250 g/mol. The zero-order chi connectivity index (χ0) is 12.8. The summed E-state index contributed by atoms with van der Waals surface area (Å²) in [6, 6.07) is 9.75. The first kappa shape index (κ1) is 12.7. The number of carbonyl (C=O) groups is 1. The second-order valence-electron chi connectivity index (χ2n) is 3.68. The molecule has 1 heterocycles. The summed E-state index contributed by atoms with van der Waals surface area (Å²) < 4.78 is 5.60. The number of aliphatic carboxylic acids is 1. The molecule has 0 spiro atoms. The first-order chi connectivity index (χ1) is 8.75. The number of thioether (sulfide) groups is 1. The van der Waals surface area contributed by atoms with E-state index >= 15 is 0 Å². The normalized spacial score (nSPS) is 10.4. The number of benzene rings is 1. The van der Waals surface area contributed by atoms with Gasteiger partial charge in [-0.15, -0.1) is 0 Å². The van der Waals surface area contributed by atoms with E-state index in [1.165, 1.54) is 11.8 Å². The summed E-state index contributed by atoms with van der Waals surface area (Å²) in [7, 11) is 0. The van der Waals surface area contributed by atoms with E-state index in [-0.39, 0.29) is 6.42 Å². The van der Waals surface area contributed by atoms with E-state index in [1.54, 1.807) is 6.20 Å². The van der Waals surface area contributed by atoms with Gasteiger partial charge in [0, 0.05) is 11.3 Å². The van der Waals surface area contributed by atoms with Crippen molar-refractivity contribution in [2.24, 2.45) is 0 Å². The number of hydrogen-bond acceptors (Lipinski definition) is 4. The van der Waals surface area contributed by atoms with E-state index in [4.69, 9.17) is 9.52 Å². The third-order valence-electron chi connectivity index (χ3n) is 2.30. The summed E-state index contributed by atoms with van der Waals surface area (Å²) in [4.78, 5) is 14.5. The molecule has 1 aromatic carbocycles. The first-order valence-electron chi connectivity index (χ1n) is 5.55. The summed E-state index contributed by atoms with van der Waals surface area (Å²) in [6.45, 7) is 0. The lowest BCUT2D eigenvalue weighted by atomic mass is 10.2. The van der Waals surface area contributed by atoms with Crippen LogP contribution in [0.2, 0.25) is 0 Å². The van der Waals surface area contributed by atoms with Gasteiger partial charge in [-0.1, -0.05) is 30.3 Å². The Morgan fingerprint density at radius 1 is 1.33 bits per heavy atom. The maximum atomic E-state index is 10.3. The van der Waals surface area contributed by atoms with Crippen LogP contribution in [0.5, 0.6) is 0 Å². The van der Waals surface area contributed by atoms with Gasteiger partial charge in [-0.05, 0) is 0 Å². The van der Waals surface area contributed by atoms with Crippen LogP contribution in [0.1, 0.15) is 12.3 Å². The summed E-state index contributed by atoms with van der Waals surface area (Å²) in [5.74, 6) is 1.76. The fraction of sp³-hybridized carbons (Fsp3) is 0.231. The van der Waals surface area contributed by atoms with Crippen LogP contribution < -0.4 is 0 Å². The molecule has 0 saturated heterocycles. The number of oxazole rings is 1. The zero-order valence-electron chi connectivity index (χ0n) is 9.70. The van der Waals surface area contributed by atoms with Crippen molar-refractivity contribution in [2.45, 2.75) is 12.2 Å². The lowest BCUT2D eigenvalue weighted by Crippen LogP contribution is -1.96. The molecule has 0 bridgehead atoms. The Morgan fingerprint density at radius 2 is 2.11 bits per heavy atom. The number of carboxylic acids is 1. The Labute approximate surface area is 109 Å². The molecule has 4 nitrogen and oxygen atoms in total. The SMILES string of the molecule is O=C(O)CCSCc1ncc(-c2ccccc2)o1. The molecule has 0 unspecified atom stereocenters. The molecule has 0 aliphatic carbocycles. The summed E-state index contributed by atoms with van der Waals surface area (Å²) in [5.41, 5.74) is 0.992. The molecule has 1 aromatic heterocycles. The largest absolute Gasteiger partial charge is 0.481 e. The van der Waals surface area contributed by atoms with Gasteiger partial charge in [-0.3, -0.25) is 4.79 Å². The summed E-state index contributed by atoms with van der Waals surface area (Å²) in [5, 5.41) is 8.51. The summed E-state index contributed by atoms with van der Waals surface area (Å²) in [6.07, 6.45) is 1.86. The molecule has 18 heavy (non-hydrogen) atoms. The molecule has 2 rings (SSSR count). The van der Waals surface area contributed by atoms with Crippen molar-refractivity contribution in [3.63, 3.8) is 0 Å². The Hall–Kier alpha value is -1.75. The van der Waals surface area contributed by atoms with Crippen molar-refractivity contribution < 1.29 is 14.3 Å². The van der Waals surface area contributed by atoms with E-state index in [0.29, 0.717) is 17.4 Å². The third kappa shape index (κ3) is 3.63. The molecule has 2 aromatic rings. The molecule has 94 valence electrons. The standard InChI is InChI=1S/C13H13NO3S/c15-13(16)6-7-18-9-12-14-8-11(17-12)10-4-2-1-3-5-10/h1-5,8H,6-7,9H2,(H,15,16). The Balaban J connectivity index is 1.89. The van der Waals surface area contributed by atoms with E-state index in [2.05, 4.69) is 4.98 Å². The molecule has 0 fully saturated rings. The van der Waals surface area contributed by atoms with Crippen molar-refractivity contribution in [3.8, 4) is 11.3 Å². The van der Waals surface area contributed by atoms with Crippen LogP contribution in [0, 0.1) is 0 Å². The van der Waals surface area contributed by atoms with Gasteiger partial charge in [0.2, 0.25) is 5.89 Å². The molecule has 1 N–H and O–H groups in total. The van der Waals surface area contributed by atoms with Gasteiger partial charge in [0.15, 0.2) is 5.76 Å². The maximum absolute atomic E-state index is 10.3. The number of aromatic nitrogens is 1. The van der Waals surface area contributed by atoms with E-state index in [1.807, 2.05) is 30.3 Å². The molecule has 0 saturated carbocycles. The maximum Gasteiger partial charge on any atom is 0.304 e. The minimum absolute atomic E-state index is 0.164. The lowest BCUT2D eigenvalue weighted by molar-refractivity contribution is -0.136. The van der Waals surface area contributed by atoms with Crippen LogP contribution in [0.4, 0.5) is 0 Å². The van der Waals surface area contributed by atoms with Gasteiger partial charge in [0.1, 0.15) is 0 Å². The second kappa shape index (κ2) is 6.26. The van der Waals surface area contributed by atoms with Gasteiger partial charge in [-0.2, -0.15) is 11.8 Å². The average molecular weight is 263 g/mol. The molecule has 0 radical (unpaired) electrons. The number of carboxylic acid groups (broad SMARTS) is 1. The first-order valence-corrected chi connectivity index (χ1v) is 6.71. The van der Waals surface area contributed by atoms with Crippen molar-refractivity contribution in [1.29, 1.82) is 0 Å². The highest BCUT2D eigenvalue weighted by atomic mass is 32.2. The highest BCUT2D eigenvalue weighted by Gasteiger charge is 2.06. The zero-order valence-corrected chi connectivity index (χ0v) is 10.5. The van der Waals surface area contributed by atoms with Gasteiger partial charge in [0.25, 0.3) is 0 Å².